The Labute approximate surface area is 368 Å². The van der Waals surface area contributed by atoms with Crippen LogP contribution in [0.1, 0.15) is 87.2 Å². The zero-order valence-corrected chi connectivity index (χ0v) is 37.0. The molecule has 1 aliphatic heterocycles. The van der Waals surface area contributed by atoms with Crippen LogP contribution in [0.3, 0.4) is 0 Å². The molecule has 3 N–H and O–H groups in total. The molecule has 0 bridgehead atoms. The van der Waals surface area contributed by atoms with Crippen molar-refractivity contribution < 1.29 is 27.8 Å². The Hall–Kier alpha value is -5.39. The highest BCUT2D eigenvalue weighted by Gasteiger charge is 2.31. The summed E-state index contributed by atoms with van der Waals surface area (Å²) in [6.07, 6.45) is 7.78. The first-order valence-corrected chi connectivity index (χ1v) is 23.2. The van der Waals surface area contributed by atoms with Crippen molar-refractivity contribution in [2.45, 2.75) is 76.2 Å². The normalized spacial score (nSPS) is 20.8. The molecule has 0 spiro atoms. The summed E-state index contributed by atoms with van der Waals surface area (Å²) in [5, 5.41) is 28.7. The zero-order valence-electron chi connectivity index (χ0n) is 35.4. The Morgan fingerprint density at radius 3 is 2.47 bits per heavy atom. The van der Waals surface area contributed by atoms with Crippen molar-refractivity contribution in [3.63, 3.8) is 0 Å². The Balaban J connectivity index is 0.991. The molecular formula is C48H53ClN6O6S. The molecule has 12 nitrogen and oxygen atoms in total. The molecule has 0 atom stereocenters. The van der Waals surface area contributed by atoms with Crippen molar-refractivity contribution in [1.29, 1.82) is 5.26 Å². The number of nitriles is 1. The number of carbonyl (C=O) groups excluding carboxylic acids is 1. The van der Waals surface area contributed by atoms with Crippen LogP contribution in [0.5, 0.6) is 17.2 Å². The molecule has 1 saturated carbocycles. The molecular weight excluding hydrogens is 824 g/mol. The molecule has 2 aliphatic carbocycles. The number of hydrogen-bond donors (Lipinski definition) is 3. The first-order valence-electron chi connectivity index (χ1n) is 21.3. The van der Waals surface area contributed by atoms with E-state index in [0.29, 0.717) is 30.6 Å². The molecule has 62 heavy (non-hydrogen) atoms. The molecule has 5 aromatic rings. The number of amides is 1. The number of ether oxygens (including phenoxy) is 2. The van der Waals surface area contributed by atoms with Crippen LogP contribution in [0.4, 0.5) is 5.69 Å². The van der Waals surface area contributed by atoms with Crippen LogP contribution < -0.4 is 19.1 Å². The van der Waals surface area contributed by atoms with E-state index in [-0.39, 0.29) is 38.9 Å². The summed E-state index contributed by atoms with van der Waals surface area (Å²) in [4.78, 5) is 18.5. The van der Waals surface area contributed by atoms with E-state index in [1.165, 1.54) is 34.9 Å². The maximum absolute atomic E-state index is 14.0. The molecule has 3 aliphatic rings. The minimum Gasteiger partial charge on any atom is -0.492 e. The number of fused-ring (bicyclic) bond motifs is 1. The van der Waals surface area contributed by atoms with Gasteiger partial charge in [-0.1, -0.05) is 49.2 Å². The van der Waals surface area contributed by atoms with Gasteiger partial charge in [-0.25, -0.2) is 13.1 Å². The molecule has 0 unspecified atom stereocenters. The van der Waals surface area contributed by atoms with Crippen LogP contribution in [-0.4, -0.2) is 79.5 Å². The topological polar surface area (TPSA) is 161 Å². The number of sulfonamides is 1. The van der Waals surface area contributed by atoms with Gasteiger partial charge >= 0.3 is 0 Å². The van der Waals surface area contributed by atoms with Crippen LogP contribution in [-0.2, 0) is 10.0 Å². The second-order valence-corrected chi connectivity index (χ2v) is 20.1. The van der Waals surface area contributed by atoms with Crippen LogP contribution >= 0.6 is 11.6 Å². The van der Waals surface area contributed by atoms with Crippen molar-refractivity contribution in [2.24, 2.45) is 11.3 Å². The van der Waals surface area contributed by atoms with Crippen LogP contribution in [0.15, 0.2) is 95.5 Å². The maximum Gasteiger partial charge on any atom is 0.268 e. The van der Waals surface area contributed by atoms with Crippen molar-refractivity contribution in [1.82, 2.24) is 19.8 Å². The van der Waals surface area contributed by atoms with E-state index in [9.17, 15) is 23.6 Å². The third kappa shape index (κ3) is 9.95. The first kappa shape index (κ1) is 43.3. The third-order valence-corrected chi connectivity index (χ3v) is 14.3. The molecule has 324 valence electrons. The number of aliphatic hydroxyl groups is 1. The predicted octanol–water partition coefficient (Wildman–Crippen LogP) is 9.10. The number of carbonyl (C=O) groups is 1. The first-order chi connectivity index (χ1) is 29.6. The van der Waals surface area contributed by atoms with Crippen molar-refractivity contribution in [3.8, 4) is 23.3 Å². The van der Waals surface area contributed by atoms with Crippen molar-refractivity contribution in [3.05, 3.63) is 112 Å². The van der Waals surface area contributed by atoms with Crippen LogP contribution in [0.25, 0.3) is 16.5 Å². The smallest absolute Gasteiger partial charge is 0.268 e. The summed E-state index contributed by atoms with van der Waals surface area (Å²) in [5.74, 6) is 0.212. The Kier molecular flexibility index (Phi) is 12.4. The molecule has 2 fully saturated rings. The quantitative estimate of drug-likeness (QED) is 0.110. The van der Waals surface area contributed by atoms with Gasteiger partial charge in [0, 0.05) is 49.5 Å². The van der Waals surface area contributed by atoms with Gasteiger partial charge in [0.2, 0.25) is 0 Å². The lowest BCUT2D eigenvalue weighted by atomic mass is 9.72. The summed E-state index contributed by atoms with van der Waals surface area (Å²) in [6.45, 7) is 10.9. The highest BCUT2D eigenvalue weighted by molar-refractivity contribution is 7.90. The van der Waals surface area contributed by atoms with E-state index in [4.69, 9.17) is 21.1 Å². The number of H-pyrrole nitrogens is 1. The Bertz CT molecular complexity index is 2630. The van der Waals surface area contributed by atoms with Gasteiger partial charge < -0.3 is 19.5 Å². The van der Waals surface area contributed by atoms with E-state index < -0.39 is 21.5 Å². The summed E-state index contributed by atoms with van der Waals surface area (Å²) >= 11 is 6.25. The number of aromatic nitrogens is 2. The van der Waals surface area contributed by atoms with E-state index in [0.717, 1.165) is 81.1 Å². The average Bonchev–Trinajstić information content (AvgIpc) is 3.74. The molecule has 1 amide bonds. The monoisotopic (exact) mass is 876 g/mol. The molecule has 8 rings (SSSR count). The Morgan fingerprint density at radius 2 is 1.73 bits per heavy atom. The van der Waals surface area contributed by atoms with E-state index >= 15 is 0 Å². The number of rotatable bonds is 12. The van der Waals surface area contributed by atoms with Gasteiger partial charge in [0.05, 0.1) is 45.3 Å². The lowest BCUT2D eigenvalue weighted by molar-refractivity contribution is 0.00150. The van der Waals surface area contributed by atoms with E-state index in [1.54, 1.807) is 24.4 Å². The number of halogens is 1. The molecule has 14 heteroatoms. The van der Waals surface area contributed by atoms with Gasteiger partial charge in [0.25, 0.3) is 15.9 Å². The summed E-state index contributed by atoms with van der Waals surface area (Å²) in [7, 11) is -4.43. The second-order valence-electron chi connectivity index (χ2n) is 18.0. The lowest BCUT2D eigenvalue weighted by Gasteiger charge is -2.39. The number of nitrogens with one attached hydrogen (secondary N) is 2. The number of aromatic amines is 1. The third-order valence-electron chi connectivity index (χ3n) is 12.7. The van der Waals surface area contributed by atoms with Gasteiger partial charge in [0.15, 0.2) is 0 Å². The van der Waals surface area contributed by atoms with Crippen molar-refractivity contribution >= 4 is 49.7 Å². The average molecular weight is 878 g/mol. The lowest BCUT2D eigenvalue weighted by Crippen LogP contribution is -2.47. The van der Waals surface area contributed by atoms with Crippen LogP contribution in [0, 0.1) is 22.7 Å². The molecule has 0 radical (unpaired) electrons. The van der Waals surface area contributed by atoms with E-state index in [2.05, 4.69) is 50.7 Å². The SMILES string of the molecule is CC1(C)CCC(CN2CCN(c3ccc(C(=O)NS(=O)(=O)c4ccc(OC[C@H]5CC[C@@](C)(O)CC5)c(C#N)c4)c(Oc4cccc5[nH]ncc45)c3)CC2)=C(c2ccc(Cl)cc2)C1. The minimum absolute atomic E-state index is 0.0188. The summed E-state index contributed by atoms with van der Waals surface area (Å²) in [6, 6.07) is 24.8. The molecule has 2 heterocycles. The number of anilines is 1. The molecule has 1 aromatic heterocycles. The predicted molar refractivity (Wildman–Crippen MR) is 241 cm³/mol. The van der Waals surface area contributed by atoms with Gasteiger partial charge in [-0.3, -0.25) is 14.8 Å². The van der Waals surface area contributed by atoms with Crippen LogP contribution in [0.2, 0.25) is 5.02 Å². The fourth-order valence-corrected chi connectivity index (χ4v) is 9.94. The summed E-state index contributed by atoms with van der Waals surface area (Å²) in [5.41, 5.74) is 5.33. The largest absolute Gasteiger partial charge is 0.492 e. The summed E-state index contributed by atoms with van der Waals surface area (Å²) < 4.78 is 42.1. The van der Waals surface area contributed by atoms with Gasteiger partial charge in [-0.2, -0.15) is 10.4 Å². The number of allylic oxidation sites excluding steroid dienone is 1. The Morgan fingerprint density at radius 1 is 0.968 bits per heavy atom. The maximum atomic E-state index is 14.0. The fourth-order valence-electron chi connectivity index (χ4n) is 8.83. The van der Waals surface area contributed by atoms with Gasteiger partial charge in [-0.05, 0) is 129 Å². The highest BCUT2D eigenvalue weighted by atomic mass is 35.5. The van der Waals surface area contributed by atoms with Gasteiger partial charge in [0.1, 0.15) is 23.3 Å². The standard InChI is InChI=1S/C48H53ClN6O6S/c1-47(2)18-17-34(40(27-47)33-7-9-36(49)10-8-33)30-54-21-23-55(24-22-54)37-11-13-39(45(26-37)61-44-6-4-5-42-41(44)29-51-52-42)46(56)53-62(58,59)38-12-14-43(35(25-38)28-50)60-31-32-15-19-48(3,57)20-16-32/h4-14,25-26,29,32,57H,15-24,27,30-31H2,1-3H3,(H,51,52)(H,53,56)/t32-,48+. The van der Waals surface area contributed by atoms with Crippen molar-refractivity contribution in [2.75, 3.05) is 44.2 Å². The zero-order chi connectivity index (χ0) is 43.6. The number of benzene rings is 4. The highest BCUT2D eigenvalue weighted by Crippen LogP contribution is 2.44. The molecule has 1 saturated heterocycles. The second kappa shape index (κ2) is 17.8. The number of nitrogens with zero attached hydrogens (tertiary/aromatic N) is 4. The van der Waals surface area contributed by atoms with E-state index in [1.807, 2.05) is 43.3 Å². The minimum atomic E-state index is -4.43. The molecule has 4 aromatic carbocycles. The van der Waals surface area contributed by atoms with Gasteiger partial charge in [-0.15, -0.1) is 0 Å². The fraction of sp³-hybridized carbons (Fsp3) is 0.396. The number of piperazine rings is 1. The number of hydrogen-bond acceptors (Lipinski definition) is 10.